The number of para-hydroxylation sites is 1. The van der Waals surface area contributed by atoms with Crippen LogP contribution in [0.4, 0.5) is 5.69 Å². The molecule has 16 heavy (non-hydrogen) atoms. The van der Waals surface area contributed by atoms with Crippen LogP contribution in [0.1, 0.15) is 26.3 Å². The summed E-state index contributed by atoms with van der Waals surface area (Å²) in [6, 6.07) is 8.03. The van der Waals surface area contributed by atoms with Crippen molar-refractivity contribution in [2.45, 2.75) is 26.6 Å². The first-order chi connectivity index (χ1) is 7.76. The Morgan fingerprint density at radius 2 is 1.69 bits per heavy atom. The lowest BCUT2D eigenvalue weighted by Gasteiger charge is -2.25. The van der Waals surface area contributed by atoms with Gasteiger partial charge in [-0.2, -0.15) is 0 Å². The number of hydrogen-bond acceptors (Lipinski definition) is 3. The Morgan fingerprint density at radius 3 is 2.25 bits per heavy atom. The maximum absolute atomic E-state index is 5.61. The van der Waals surface area contributed by atoms with Crippen LogP contribution in [0.25, 0.3) is 0 Å². The molecule has 0 radical (unpaired) electrons. The Hall–Kier alpha value is -1.06. The molecule has 1 fully saturated rings. The Bertz CT molecular complexity index is 319. The highest BCUT2D eigenvalue weighted by Gasteiger charge is 2.34. The summed E-state index contributed by atoms with van der Waals surface area (Å²) in [6.07, 6.45) is 0. The maximum atomic E-state index is 5.61. The van der Waals surface area contributed by atoms with Gasteiger partial charge in [-0.25, -0.2) is 0 Å². The Kier molecular flexibility index (Phi) is 4.77. The highest BCUT2D eigenvalue weighted by atomic mass is 16.7. The molecule has 3 nitrogen and oxygen atoms in total. The Morgan fingerprint density at radius 1 is 1.12 bits per heavy atom. The zero-order valence-corrected chi connectivity index (χ0v) is 10.5. The molecule has 0 amide bonds. The van der Waals surface area contributed by atoms with E-state index >= 15 is 0 Å². The average Bonchev–Trinajstić information content (AvgIpc) is 2.80. The summed E-state index contributed by atoms with van der Waals surface area (Å²) >= 11 is 0. The lowest BCUT2D eigenvalue weighted by Crippen LogP contribution is -2.23. The molecule has 3 heteroatoms. The van der Waals surface area contributed by atoms with E-state index in [4.69, 9.17) is 9.47 Å². The van der Waals surface area contributed by atoms with Crippen molar-refractivity contribution in [2.75, 3.05) is 25.6 Å². The van der Waals surface area contributed by atoms with Crippen LogP contribution < -0.4 is 5.32 Å². The van der Waals surface area contributed by atoms with E-state index in [2.05, 4.69) is 5.32 Å². The van der Waals surface area contributed by atoms with Gasteiger partial charge in [0.1, 0.15) is 0 Å². The normalized spacial score (nSPS) is 17.5. The van der Waals surface area contributed by atoms with Gasteiger partial charge < -0.3 is 14.8 Å². The molecule has 1 aliphatic rings. The van der Waals surface area contributed by atoms with Crippen LogP contribution >= 0.6 is 0 Å². The zero-order valence-electron chi connectivity index (χ0n) is 10.5. The average molecular weight is 223 g/mol. The van der Waals surface area contributed by atoms with Crippen molar-refractivity contribution in [3.05, 3.63) is 29.8 Å². The molecule has 1 aliphatic heterocycles. The van der Waals surface area contributed by atoms with Gasteiger partial charge in [-0.1, -0.05) is 32.0 Å². The first-order valence-corrected chi connectivity index (χ1v) is 5.81. The van der Waals surface area contributed by atoms with Crippen molar-refractivity contribution in [2.24, 2.45) is 0 Å². The first-order valence-electron chi connectivity index (χ1n) is 5.81. The fourth-order valence-corrected chi connectivity index (χ4v) is 1.77. The van der Waals surface area contributed by atoms with E-state index in [1.807, 2.05) is 52.1 Å². The van der Waals surface area contributed by atoms with Crippen molar-refractivity contribution in [3.63, 3.8) is 0 Å². The fraction of sp³-hybridized carbons (Fsp3) is 0.538. The second kappa shape index (κ2) is 5.87. The third-order valence-electron chi connectivity index (χ3n) is 2.52. The number of ether oxygens (including phenoxy) is 2. The Labute approximate surface area is 97.8 Å². The zero-order chi connectivity index (χ0) is 12.0. The highest BCUT2D eigenvalue weighted by molar-refractivity contribution is 5.52. The molecule has 0 atom stereocenters. The van der Waals surface area contributed by atoms with Crippen LogP contribution in [-0.4, -0.2) is 20.3 Å². The van der Waals surface area contributed by atoms with Crippen LogP contribution in [0.3, 0.4) is 0 Å². The van der Waals surface area contributed by atoms with Gasteiger partial charge in [0.15, 0.2) is 5.79 Å². The summed E-state index contributed by atoms with van der Waals surface area (Å²) in [4.78, 5) is 0. The van der Waals surface area contributed by atoms with Gasteiger partial charge in [0.2, 0.25) is 0 Å². The number of anilines is 1. The molecule has 1 N–H and O–H groups in total. The van der Waals surface area contributed by atoms with Gasteiger partial charge in [-0.05, 0) is 13.0 Å². The van der Waals surface area contributed by atoms with Crippen LogP contribution in [0, 0.1) is 0 Å². The van der Waals surface area contributed by atoms with Crippen LogP contribution in [-0.2, 0) is 15.3 Å². The molecule has 0 aliphatic carbocycles. The number of nitrogens with one attached hydrogen (secondary N) is 1. The van der Waals surface area contributed by atoms with Crippen molar-refractivity contribution in [1.82, 2.24) is 0 Å². The smallest absolute Gasteiger partial charge is 0.194 e. The molecular formula is C13H21NO2. The molecule has 0 aromatic heterocycles. The quantitative estimate of drug-likeness (QED) is 0.836. The van der Waals surface area contributed by atoms with E-state index in [1.54, 1.807) is 0 Å². The summed E-state index contributed by atoms with van der Waals surface area (Å²) in [5.41, 5.74) is 2.11. The third-order valence-corrected chi connectivity index (χ3v) is 2.52. The molecule has 1 aromatic carbocycles. The number of benzene rings is 1. The standard InChI is InChI=1S/C11H15NO2.C2H6/c1-11(13-7-8-14-11)9-5-3-4-6-10(9)12-2;1-2/h3-6,12H,7-8H2,1-2H3;1-2H3. The van der Waals surface area contributed by atoms with Crippen LogP contribution in [0.15, 0.2) is 24.3 Å². The van der Waals surface area contributed by atoms with Gasteiger partial charge in [0, 0.05) is 18.3 Å². The minimum absolute atomic E-state index is 0.584. The summed E-state index contributed by atoms with van der Waals surface area (Å²) in [5, 5.41) is 3.14. The molecule has 2 rings (SSSR count). The van der Waals surface area contributed by atoms with E-state index < -0.39 is 5.79 Å². The molecule has 0 spiro atoms. The molecule has 1 heterocycles. The first kappa shape index (κ1) is 13.0. The van der Waals surface area contributed by atoms with E-state index in [0.29, 0.717) is 13.2 Å². The van der Waals surface area contributed by atoms with Gasteiger partial charge >= 0.3 is 0 Å². The van der Waals surface area contributed by atoms with Crippen molar-refractivity contribution >= 4 is 5.69 Å². The second-order valence-electron chi connectivity index (χ2n) is 3.44. The van der Waals surface area contributed by atoms with Crippen LogP contribution in [0.2, 0.25) is 0 Å². The summed E-state index contributed by atoms with van der Waals surface area (Å²) in [7, 11) is 1.90. The molecule has 0 saturated carbocycles. The lowest BCUT2D eigenvalue weighted by molar-refractivity contribution is -0.149. The predicted octanol–water partition coefficient (Wildman–Crippen LogP) is 2.97. The molecule has 1 saturated heterocycles. The topological polar surface area (TPSA) is 30.5 Å². The predicted molar refractivity (Wildman–Crippen MR) is 66.6 cm³/mol. The summed E-state index contributed by atoms with van der Waals surface area (Å²) in [6.45, 7) is 7.28. The SMILES string of the molecule is CC.CNc1ccccc1C1(C)OCCO1. The largest absolute Gasteiger partial charge is 0.388 e. The van der Waals surface area contributed by atoms with E-state index in [1.165, 1.54) is 0 Å². The van der Waals surface area contributed by atoms with E-state index in [9.17, 15) is 0 Å². The van der Waals surface area contributed by atoms with Crippen molar-refractivity contribution in [1.29, 1.82) is 0 Å². The third kappa shape index (κ3) is 2.54. The molecule has 90 valence electrons. The summed E-state index contributed by atoms with van der Waals surface area (Å²) < 4.78 is 11.2. The van der Waals surface area contributed by atoms with Gasteiger partial charge in [0.05, 0.1) is 13.2 Å². The lowest BCUT2D eigenvalue weighted by atomic mass is 10.1. The van der Waals surface area contributed by atoms with E-state index in [0.717, 1.165) is 11.3 Å². The minimum Gasteiger partial charge on any atom is -0.388 e. The number of rotatable bonds is 2. The van der Waals surface area contributed by atoms with Gasteiger partial charge in [-0.15, -0.1) is 0 Å². The van der Waals surface area contributed by atoms with Gasteiger partial charge in [0.25, 0.3) is 0 Å². The minimum atomic E-state index is -0.584. The van der Waals surface area contributed by atoms with Gasteiger partial charge in [-0.3, -0.25) is 0 Å². The summed E-state index contributed by atoms with van der Waals surface area (Å²) in [5.74, 6) is -0.584. The van der Waals surface area contributed by atoms with Crippen molar-refractivity contribution in [3.8, 4) is 0 Å². The molecule has 0 bridgehead atoms. The maximum Gasteiger partial charge on any atom is 0.194 e. The Balaban J connectivity index is 0.000000606. The number of hydrogen-bond donors (Lipinski definition) is 1. The van der Waals surface area contributed by atoms with Crippen molar-refractivity contribution < 1.29 is 9.47 Å². The van der Waals surface area contributed by atoms with Crippen LogP contribution in [0.5, 0.6) is 0 Å². The highest BCUT2D eigenvalue weighted by Crippen LogP contribution is 2.35. The fourth-order valence-electron chi connectivity index (χ4n) is 1.77. The molecular weight excluding hydrogens is 202 g/mol. The second-order valence-corrected chi connectivity index (χ2v) is 3.44. The van der Waals surface area contributed by atoms with E-state index in [-0.39, 0.29) is 0 Å². The monoisotopic (exact) mass is 223 g/mol. The molecule has 1 aromatic rings. The molecule has 0 unspecified atom stereocenters.